The average molecular weight is 275 g/mol. The van der Waals surface area contributed by atoms with Gasteiger partial charge in [0.15, 0.2) is 0 Å². The maximum atomic E-state index is 12.1. The van der Waals surface area contributed by atoms with E-state index >= 15 is 0 Å². The molecule has 1 aromatic heterocycles. The molecule has 3 nitrogen and oxygen atoms in total. The Morgan fingerprint density at radius 3 is 2.58 bits per heavy atom. The largest absolute Gasteiger partial charge is 0.341 e. The molecule has 0 aliphatic heterocycles. The first kappa shape index (κ1) is 13.6. The molecule has 98 valence electrons. The minimum absolute atomic E-state index is 0.0462. The van der Waals surface area contributed by atoms with Crippen LogP contribution in [0.4, 0.5) is 0 Å². The van der Waals surface area contributed by atoms with E-state index in [1.807, 2.05) is 30.3 Å². The summed E-state index contributed by atoms with van der Waals surface area (Å²) in [6.45, 7) is 0.575. The normalized spacial score (nSPS) is 10.2. The number of halogens is 1. The van der Waals surface area contributed by atoms with Gasteiger partial charge in [-0.05, 0) is 29.3 Å². The third-order valence-electron chi connectivity index (χ3n) is 2.89. The van der Waals surface area contributed by atoms with E-state index in [4.69, 9.17) is 11.6 Å². The van der Waals surface area contributed by atoms with Crippen LogP contribution in [-0.2, 0) is 17.8 Å². The highest BCUT2D eigenvalue weighted by molar-refractivity contribution is 6.31. The molecular weight excluding hydrogens is 260 g/mol. The van der Waals surface area contributed by atoms with Gasteiger partial charge in [0, 0.05) is 31.0 Å². The number of hydrogen-bond acceptors (Lipinski definition) is 2. The summed E-state index contributed by atoms with van der Waals surface area (Å²) in [6, 6.07) is 11.2. The number of rotatable bonds is 4. The molecule has 0 aliphatic rings. The van der Waals surface area contributed by atoms with Gasteiger partial charge >= 0.3 is 0 Å². The van der Waals surface area contributed by atoms with Crippen LogP contribution < -0.4 is 0 Å². The van der Waals surface area contributed by atoms with Gasteiger partial charge in [0.25, 0.3) is 0 Å². The standard InChI is InChI=1S/C15H15ClN2O/c1-18(11-12-6-8-17-9-7-12)15(19)10-13-4-2-3-5-14(13)16/h2-9H,10-11H2,1H3. The lowest BCUT2D eigenvalue weighted by Crippen LogP contribution is -2.27. The van der Waals surface area contributed by atoms with E-state index < -0.39 is 0 Å². The molecule has 0 N–H and O–H groups in total. The zero-order valence-electron chi connectivity index (χ0n) is 10.7. The second kappa shape index (κ2) is 6.34. The number of hydrogen-bond donors (Lipinski definition) is 0. The van der Waals surface area contributed by atoms with Crippen molar-refractivity contribution in [2.24, 2.45) is 0 Å². The Bertz CT molecular complexity index is 557. The van der Waals surface area contributed by atoms with Crippen LogP contribution in [0.25, 0.3) is 0 Å². The Hall–Kier alpha value is -1.87. The van der Waals surface area contributed by atoms with Crippen molar-refractivity contribution >= 4 is 17.5 Å². The molecule has 0 saturated heterocycles. The summed E-state index contributed by atoms with van der Waals surface area (Å²) in [7, 11) is 1.79. The summed E-state index contributed by atoms with van der Waals surface area (Å²) in [6.07, 6.45) is 3.77. The Morgan fingerprint density at radius 1 is 1.21 bits per heavy atom. The van der Waals surface area contributed by atoms with Gasteiger partial charge in [-0.1, -0.05) is 29.8 Å². The molecule has 0 radical (unpaired) electrons. The number of carbonyl (C=O) groups excluding carboxylic acids is 1. The first-order valence-corrected chi connectivity index (χ1v) is 6.41. The molecule has 0 saturated carbocycles. The molecule has 4 heteroatoms. The quantitative estimate of drug-likeness (QED) is 0.859. The van der Waals surface area contributed by atoms with E-state index in [2.05, 4.69) is 4.98 Å². The maximum absolute atomic E-state index is 12.1. The van der Waals surface area contributed by atoms with Crippen LogP contribution in [-0.4, -0.2) is 22.8 Å². The van der Waals surface area contributed by atoms with E-state index in [0.29, 0.717) is 18.0 Å². The van der Waals surface area contributed by atoms with Crippen LogP contribution in [0.3, 0.4) is 0 Å². The Labute approximate surface area is 117 Å². The molecule has 0 aliphatic carbocycles. The number of benzene rings is 1. The molecule has 0 fully saturated rings. The van der Waals surface area contributed by atoms with Crippen LogP contribution in [0.1, 0.15) is 11.1 Å². The molecule has 0 bridgehead atoms. The molecule has 0 unspecified atom stereocenters. The molecule has 0 spiro atoms. The third-order valence-corrected chi connectivity index (χ3v) is 3.26. The second-order valence-electron chi connectivity index (χ2n) is 4.37. The first-order chi connectivity index (χ1) is 9.16. The summed E-state index contributed by atoms with van der Waals surface area (Å²) >= 11 is 6.05. The lowest BCUT2D eigenvalue weighted by molar-refractivity contribution is -0.129. The van der Waals surface area contributed by atoms with E-state index in [-0.39, 0.29) is 5.91 Å². The minimum Gasteiger partial charge on any atom is -0.341 e. The predicted molar refractivity (Wildman–Crippen MR) is 75.9 cm³/mol. The third kappa shape index (κ3) is 3.80. The van der Waals surface area contributed by atoms with E-state index in [1.165, 1.54) is 0 Å². The molecule has 0 atom stereocenters. The van der Waals surface area contributed by atoms with Crippen molar-refractivity contribution < 1.29 is 4.79 Å². The summed E-state index contributed by atoms with van der Waals surface area (Å²) in [4.78, 5) is 17.8. The van der Waals surface area contributed by atoms with Gasteiger partial charge in [-0.15, -0.1) is 0 Å². The van der Waals surface area contributed by atoms with Crippen molar-refractivity contribution in [3.63, 3.8) is 0 Å². The number of likely N-dealkylation sites (N-methyl/N-ethyl adjacent to an activating group) is 1. The molecule has 1 aromatic carbocycles. The van der Waals surface area contributed by atoms with Crippen molar-refractivity contribution in [1.29, 1.82) is 0 Å². The van der Waals surface area contributed by atoms with Crippen molar-refractivity contribution in [1.82, 2.24) is 9.88 Å². The molecule has 2 aromatic rings. The van der Waals surface area contributed by atoms with Crippen molar-refractivity contribution in [3.05, 3.63) is 64.9 Å². The van der Waals surface area contributed by atoms with Gasteiger partial charge in [0.05, 0.1) is 6.42 Å². The molecule has 1 heterocycles. The summed E-state index contributed by atoms with van der Waals surface area (Å²) < 4.78 is 0. The Morgan fingerprint density at radius 2 is 1.89 bits per heavy atom. The SMILES string of the molecule is CN(Cc1ccncc1)C(=O)Cc1ccccc1Cl. The molecular formula is C15H15ClN2O. The fourth-order valence-electron chi connectivity index (χ4n) is 1.79. The molecule has 1 amide bonds. The lowest BCUT2D eigenvalue weighted by Gasteiger charge is -2.17. The topological polar surface area (TPSA) is 33.2 Å². The van der Waals surface area contributed by atoms with Crippen molar-refractivity contribution in [2.75, 3.05) is 7.05 Å². The monoisotopic (exact) mass is 274 g/mol. The van der Waals surface area contributed by atoms with E-state index in [9.17, 15) is 4.79 Å². The van der Waals surface area contributed by atoms with Crippen molar-refractivity contribution in [3.8, 4) is 0 Å². The predicted octanol–water partition coefficient (Wildman–Crippen LogP) is 2.94. The van der Waals surface area contributed by atoms with E-state index in [1.54, 1.807) is 30.4 Å². The van der Waals surface area contributed by atoms with Crippen molar-refractivity contribution in [2.45, 2.75) is 13.0 Å². The number of aromatic nitrogens is 1. The molecule has 19 heavy (non-hydrogen) atoms. The lowest BCUT2D eigenvalue weighted by atomic mass is 10.1. The van der Waals surface area contributed by atoms with Gasteiger partial charge in [0.1, 0.15) is 0 Å². The van der Waals surface area contributed by atoms with Gasteiger partial charge in [-0.25, -0.2) is 0 Å². The number of amides is 1. The molecule has 2 rings (SSSR count). The summed E-state index contributed by atoms with van der Waals surface area (Å²) in [5.41, 5.74) is 1.92. The number of nitrogens with zero attached hydrogens (tertiary/aromatic N) is 2. The number of pyridine rings is 1. The Balaban J connectivity index is 1.99. The smallest absolute Gasteiger partial charge is 0.227 e. The van der Waals surface area contributed by atoms with Crippen LogP contribution in [0, 0.1) is 0 Å². The highest BCUT2D eigenvalue weighted by atomic mass is 35.5. The van der Waals surface area contributed by atoms with Crippen LogP contribution in [0.15, 0.2) is 48.8 Å². The first-order valence-electron chi connectivity index (χ1n) is 6.03. The van der Waals surface area contributed by atoms with Crippen LogP contribution in [0.2, 0.25) is 5.02 Å². The summed E-state index contributed by atoms with van der Waals surface area (Å²) in [5, 5.41) is 0.633. The van der Waals surface area contributed by atoms with Gasteiger partial charge in [0.2, 0.25) is 5.91 Å². The fraction of sp³-hybridized carbons (Fsp3) is 0.200. The zero-order chi connectivity index (χ0) is 13.7. The Kier molecular flexibility index (Phi) is 4.53. The van der Waals surface area contributed by atoms with Crippen LogP contribution in [0.5, 0.6) is 0 Å². The fourth-order valence-corrected chi connectivity index (χ4v) is 1.99. The van der Waals surface area contributed by atoms with Gasteiger partial charge in [-0.2, -0.15) is 0 Å². The van der Waals surface area contributed by atoms with Gasteiger partial charge in [-0.3, -0.25) is 9.78 Å². The zero-order valence-corrected chi connectivity index (χ0v) is 11.5. The number of carbonyl (C=O) groups is 1. The van der Waals surface area contributed by atoms with Crippen LogP contribution >= 0.6 is 11.6 Å². The highest BCUT2D eigenvalue weighted by Gasteiger charge is 2.11. The summed E-state index contributed by atoms with van der Waals surface area (Å²) in [5.74, 6) is 0.0462. The second-order valence-corrected chi connectivity index (χ2v) is 4.78. The average Bonchev–Trinajstić information content (AvgIpc) is 2.42. The highest BCUT2D eigenvalue weighted by Crippen LogP contribution is 2.16. The van der Waals surface area contributed by atoms with E-state index in [0.717, 1.165) is 11.1 Å². The van der Waals surface area contributed by atoms with Gasteiger partial charge < -0.3 is 4.90 Å². The minimum atomic E-state index is 0.0462. The maximum Gasteiger partial charge on any atom is 0.227 e.